The zero-order valence-corrected chi connectivity index (χ0v) is 8.82. The molecule has 1 atom stereocenters. The van der Waals surface area contributed by atoms with Crippen molar-refractivity contribution in [2.24, 2.45) is 0 Å². The molecule has 14 heavy (non-hydrogen) atoms. The fourth-order valence-corrected chi connectivity index (χ4v) is 2.19. The van der Waals surface area contributed by atoms with E-state index >= 15 is 0 Å². The van der Waals surface area contributed by atoms with Crippen LogP contribution in [-0.4, -0.2) is 42.8 Å². The molecule has 0 bridgehead atoms. The highest BCUT2D eigenvalue weighted by Gasteiger charge is 2.40. The van der Waals surface area contributed by atoms with Crippen molar-refractivity contribution in [2.45, 2.75) is 44.4 Å². The van der Waals surface area contributed by atoms with Gasteiger partial charge in [-0.2, -0.15) is 0 Å². The number of amides is 1. The summed E-state index contributed by atoms with van der Waals surface area (Å²) in [5.74, 6) is 0.270. The minimum absolute atomic E-state index is 0.0524. The molecule has 1 heterocycles. The van der Waals surface area contributed by atoms with Gasteiger partial charge in [0.25, 0.3) is 0 Å². The van der Waals surface area contributed by atoms with Crippen LogP contribution in [0.5, 0.6) is 0 Å². The molecule has 80 valence electrons. The van der Waals surface area contributed by atoms with Crippen molar-refractivity contribution in [2.75, 3.05) is 13.8 Å². The van der Waals surface area contributed by atoms with E-state index in [1.165, 1.54) is 0 Å². The van der Waals surface area contributed by atoms with Crippen molar-refractivity contribution in [3.8, 4) is 0 Å². The molecule has 0 aromatic heterocycles. The number of carbonyl (C=O) groups excluding carboxylic acids is 1. The highest BCUT2D eigenvalue weighted by atomic mass is 16.5. The lowest BCUT2D eigenvalue weighted by Crippen LogP contribution is -2.49. The Bertz CT molecular complexity index is 226. The van der Waals surface area contributed by atoms with Crippen LogP contribution in [0.4, 0.5) is 0 Å². The molecule has 1 aliphatic heterocycles. The van der Waals surface area contributed by atoms with Crippen LogP contribution in [-0.2, 0) is 9.53 Å². The van der Waals surface area contributed by atoms with E-state index < -0.39 is 0 Å². The maximum Gasteiger partial charge on any atom is 0.241 e. The molecule has 0 radical (unpaired) electrons. The third-order valence-electron chi connectivity index (χ3n) is 3.34. The summed E-state index contributed by atoms with van der Waals surface area (Å²) in [6.45, 7) is 2.76. The second-order valence-corrected chi connectivity index (χ2v) is 4.11. The van der Waals surface area contributed by atoms with Crippen LogP contribution >= 0.6 is 0 Å². The van der Waals surface area contributed by atoms with E-state index in [0.29, 0.717) is 12.1 Å². The van der Waals surface area contributed by atoms with E-state index in [1.54, 1.807) is 7.11 Å². The molecule has 0 spiro atoms. The normalized spacial score (nSPS) is 37.4. The maximum atomic E-state index is 11.8. The zero-order chi connectivity index (χ0) is 10.1. The summed E-state index contributed by atoms with van der Waals surface area (Å²) in [5.41, 5.74) is 0. The number of nitrogens with zero attached hydrogens (tertiary/aromatic N) is 1. The van der Waals surface area contributed by atoms with Crippen molar-refractivity contribution in [1.82, 2.24) is 10.2 Å². The van der Waals surface area contributed by atoms with Gasteiger partial charge in [-0.25, -0.2) is 0 Å². The predicted octanol–water partition coefficient (Wildman–Crippen LogP) is 0.332. The molecule has 2 fully saturated rings. The molecule has 2 rings (SSSR count). The Balaban J connectivity index is 1.86. The molecule has 1 saturated carbocycles. The Morgan fingerprint density at radius 1 is 1.57 bits per heavy atom. The van der Waals surface area contributed by atoms with Gasteiger partial charge in [-0.05, 0) is 19.3 Å². The smallest absolute Gasteiger partial charge is 0.241 e. The second kappa shape index (κ2) is 3.87. The molecular weight excluding hydrogens is 180 g/mol. The monoisotopic (exact) mass is 198 g/mol. The van der Waals surface area contributed by atoms with Gasteiger partial charge >= 0.3 is 0 Å². The van der Waals surface area contributed by atoms with Crippen molar-refractivity contribution < 1.29 is 9.53 Å². The predicted molar refractivity (Wildman–Crippen MR) is 52.7 cm³/mol. The first kappa shape index (κ1) is 9.93. The number of hydrogen-bond donors (Lipinski definition) is 1. The van der Waals surface area contributed by atoms with Crippen LogP contribution < -0.4 is 5.32 Å². The molecular formula is C10H18N2O2. The average Bonchev–Trinajstić information content (AvgIpc) is 2.46. The van der Waals surface area contributed by atoms with Crippen molar-refractivity contribution >= 4 is 5.91 Å². The van der Waals surface area contributed by atoms with E-state index in [4.69, 9.17) is 4.74 Å². The van der Waals surface area contributed by atoms with Crippen molar-refractivity contribution in [3.63, 3.8) is 0 Å². The fraction of sp³-hybridized carbons (Fsp3) is 0.900. The largest absolute Gasteiger partial charge is 0.381 e. The summed E-state index contributed by atoms with van der Waals surface area (Å²) < 4.78 is 5.21. The topological polar surface area (TPSA) is 41.6 Å². The summed E-state index contributed by atoms with van der Waals surface area (Å²) in [7, 11) is 1.74. The SMILES string of the molecule is CCC1NCN(C2CC(OC)C2)C1=O. The van der Waals surface area contributed by atoms with Crippen molar-refractivity contribution in [3.05, 3.63) is 0 Å². The van der Waals surface area contributed by atoms with E-state index in [-0.39, 0.29) is 11.9 Å². The quantitative estimate of drug-likeness (QED) is 0.710. The second-order valence-electron chi connectivity index (χ2n) is 4.11. The van der Waals surface area contributed by atoms with Crippen LogP contribution in [0.25, 0.3) is 0 Å². The summed E-state index contributed by atoms with van der Waals surface area (Å²) in [6, 6.07) is 0.466. The Kier molecular flexibility index (Phi) is 2.74. The fourth-order valence-electron chi connectivity index (χ4n) is 2.19. The number of hydrogen-bond acceptors (Lipinski definition) is 3. The number of methoxy groups -OCH3 is 1. The Hall–Kier alpha value is -0.610. The molecule has 4 heteroatoms. The third-order valence-corrected chi connectivity index (χ3v) is 3.34. The molecule has 4 nitrogen and oxygen atoms in total. The van der Waals surface area contributed by atoms with E-state index in [2.05, 4.69) is 5.32 Å². The number of nitrogens with one attached hydrogen (secondary N) is 1. The Morgan fingerprint density at radius 2 is 2.29 bits per heavy atom. The van der Waals surface area contributed by atoms with Gasteiger partial charge in [0, 0.05) is 13.2 Å². The third kappa shape index (κ3) is 1.53. The van der Waals surface area contributed by atoms with Gasteiger partial charge in [-0.1, -0.05) is 6.92 Å². The summed E-state index contributed by atoms with van der Waals surface area (Å²) in [6.07, 6.45) is 3.25. The Labute approximate surface area is 84.6 Å². The van der Waals surface area contributed by atoms with Crippen LogP contribution in [0.1, 0.15) is 26.2 Å². The average molecular weight is 198 g/mol. The van der Waals surface area contributed by atoms with Gasteiger partial charge in [0.1, 0.15) is 0 Å². The molecule has 1 aliphatic carbocycles. The van der Waals surface area contributed by atoms with Gasteiger partial charge in [-0.15, -0.1) is 0 Å². The molecule has 0 aromatic carbocycles. The van der Waals surface area contributed by atoms with Crippen molar-refractivity contribution in [1.29, 1.82) is 0 Å². The summed E-state index contributed by atoms with van der Waals surface area (Å²) in [4.78, 5) is 13.8. The number of carbonyl (C=O) groups is 1. The molecule has 0 aromatic rings. The molecule has 1 saturated heterocycles. The first-order chi connectivity index (χ1) is 6.76. The molecule has 1 amide bonds. The first-order valence-electron chi connectivity index (χ1n) is 5.33. The van der Waals surface area contributed by atoms with Crippen LogP contribution in [0.3, 0.4) is 0 Å². The van der Waals surface area contributed by atoms with Gasteiger partial charge in [-0.3, -0.25) is 10.1 Å². The van der Waals surface area contributed by atoms with Crippen LogP contribution in [0.15, 0.2) is 0 Å². The molecule has 2 aliphatic rings. The lowest BCUT2D eigenvalue weighted by atomic mass is 9.88. The molecule has 1 N–H and O–H groups in total. The minimum atomic E-state index is 0.0524. The lowest BCUT2D eigenvalue weighted by Gasteiger charge is -2.39. The van der Waals surface area contributed by atoms with E-state index in [0.717, 1.165) is 25.9 Å². The zero-order valence-electron chi connectivity index (χ0n) is 8.82. The van der Waals surface area contributed by atoms with Gasteiger partial charge in [0.05, 0.1) is 18.8 Å². The summed E-state index contributed by atoms with van der Waals surface area (Å²) in [5, 5.41) is 3.22. The van der Waals surface area contributed by atoms with Gasteiger partial charge < -0.3 is 9.64 Å². The molecule has 1 unspecified atom stereocenters. The highest BCUT2D eigenvalue weighted by Crippen LogP contribution is 2.29. The maximum absolute atomic E-state index is 11.8. The lowest BCUT2D eigenvalue weighted by molar-refractivity contribution is -0.135. The Morgan fingerprint density at radius 3 is 2.79 bits per heavy atom. The van der Waals surface area contributed by atoms with E-state index in [1.807, 2.05) is 11.8 Å². The number of ether oxygens (including phenoxy) is 1. The van der Waals surface area contributed by atoms with Gasteiger partial charge in [0.15, 0.2) is 0 Å². The summed E-state index contributed by atoms with van der Waals surface area (Å²) >= 11 is 0. The van der Waals surface area contributed by atoms with Crippen LogP contribution in [0.2, 0.25) is 0 Å². The van der Waals surface area contributed by atoms with Gasteiger partial charge in [0.2, 0.25) is 5.91 Å². The number of rotatable bonds is 3. The highest BCUT2D eigenvalue weighted by molar-refractivity contribution is 5.84. The first-order valence-corrected chi connectivity index (χ1v) is 5.33. The van der Waals surface area contributed by atoms with Crippen LogP contribution in [0, 0.1) is 0 Å². The standard InChI is InChI=1S/C10H18N2O2/c1-3-9-10(13)12(6-11-9)7-4-8(5-7)14-2/h7-9,11H,3-6H2,1-2H3. The van der Waals surface area contributed by atoms with E-state index in [9.17, 15) is 4.79 Å². The minimum Gasteiger partial charge on any atom is -0.381 e.